The summed E-state index contributed by atoms with van der Waals surface area (Å²) in [6.45, 7) is 1.25. The molecule has 2 rings (SSSR count). The van der Waals surface area contributed by atoms with E-state index in [1.165, 1.54) is 62.5 Å². The topological polar surface area (TPSA) is 90.0 Å². The highest BCUT2D eigenvalue weighted by Gasteiger charge is 2.23. The molecule has 0 saturated carbocycles. The van der Waals surface area contributed by atoms with Crippen LogP contribution >= 0.6 is 0 Å². The second-order valence-electron chi connectivity index (χ2n) is 6.22. The van der Waals surface area contributed by atoms with Gasteiger partial charge in [-0.15, -0.1) is 0 Å². The Balaban J connectivity index is 1.77. The number of Topliss-reactive ketones (excluding diaryl/α,β-unsaturated/α-hetero) is 1. The Bertz CT molecular complexity index is 942. The van der Waals surface area contributed by atoms with E-state index in [0.717, 1.165) is 4.31 Å². The van der Waals surface area contributed by atoms with Gasteiger partial charge in [-0.05, 0) is 43.3 Å². The van der Waals surface area contributed by atoms with Gasteiger partial charge >= 0.3 is 5.97 Å². The zero-order valence-corrected chi connectivity index (χ0v) is 16.9. The van der Waals surface area contributed by atoms with E-state index in [1.54, 1.807) is 0 Å². The molecule has 0 fully saturated rings. The molecule has 0 amide bonds. The van der Waals surface area contributed by atoms with Crippen molar-refractivity contribution >= 4 is 21.8 Å². The summed E-state index contributed by atoms with van der Waals surface area (Å²) < 4.78 is 49.1. The summed E-state index contributed by atoms with van der Waals surface area (Å²) in [6, 6.07) is 11.0. The highest BCUT2D eigenvalue weighted by atomic mass is 32.2. The minimum atomic E-state index is -3.89. The zero-order chi connectivity index (χ0) is 21.4. The number of benzene rings is 2. The molecule has 0 aliphatic heterocycles. The van der Waals surface area contributed by atoms with E-state index in [4.69, 9.17) is 9.47 Å². The molecular weight excluding hydrogens is 401 g/mol. The maximum absolute atomic E-state index is 12.8. The Hall–Kier alpha value is -2.78. The van der Waals surface area contributed by atoms with Crippen molar-refractivity contribution in [2.24, 2.45) is 0 Å². The van der Waals surface area contributed by atoms with Crippen LogP contribution < -0.4 is 4.74 Å². The van der Waals surface area contributed by atoms with Crippen molar-refractivity contribution in [2.45, 2.75) is 18.2 Å². The molecule has 7 nitrogen and oxygen atoms in total. The first-order valence-electron chi connectivity index (χ1n) is 8.81. The summed E-state index contributed by atoms with van der Waals surface area (Å²) in [4.78, 5) is 23.1. The molecule has 0 unspecified atom stereocenters. The number of carbonyl (C=O) groups is 2. The Morgan fingerprint density at radius 2 is 1.62 bits per heavy atom. The molecule has 29 heavy (non-hydrogen) atoms. The van der Waals surface area contributed by atoms with Crippen LogP contribution in [-0.4, -0.2) is 51.3 Å². The first-order valence-corrected chi connectivity index (χ1v) is 10.3. The molecule has 0 atom stereocenters. The van der Waals surface area contributed by atoms with Gasteiger partial charge in [-0.2, -0.15) is 4.31 Å². The summed E-state index contributed by atoms with van der Waals surface area (Å²) in [5, 5.41) is 0. The molecule has 0 saturated heterocycles. The number of rotatable bonds is 10. The molecule has 0 aliphatic rings. The lowest BCUT2D eigenvalue weighted by atomic mass is 10.2. The maximum Gasteiger partial charge on any atom is 0.321 e. The summed E-state index contributed by atoms with van der Waals surface area (Å²) in [6.07, 6.45) is 0.395. The van der Waals surface area contributed by atoms with E-state index in [9.17, 15) is 22.4 Å². The number of hydrogen-bond donors (Lipinski definition) is 0. The molecule has 9 heteroatoms. The normalized spacial score (nSPS) is 11.3. The van der Waals surface area contributed by atoms with E-state index >= 15 is 0 Å². The molecule has 0 bridgehead atoms. The Labute approximate surface area is 169 Å². The molecule has 2 aromatic carbocycles. The van der Waals surface area contributed by atoms with E-state index in [2.05, 4.69) is 0 Å². The first-order chi connectivity index (χ1) is 13.7. The molecule has 156 valence electrons. The van der Waals surface area contributed by atoms with Crippen LogP contribution in [0, 0.1) is 5.82 Å². The number of hydrogen-bond acceptors (Lipinski definition) is 6. The zero-order valence-electron chi connectivity index (χ0n) is 16.1. The molecule has 0 aromatic heterocycles. The number of ketones is 1. The van der Waals surface area contributed by atoms with Gasteiger partial charge in [0.1, 0.15) is 18.1 Å². The monoisotopic (exact) mass is 423 g/mol. The fourth-order valence-corrected chi connectivity index (χ4v) is 3.44. The number of sulfonamides is 1. The van der Waals surface area contributed by atoms with Crippen molar-refractivity contribution in [1.29, 1.82) is 0 Å². The number of carbonyl (C=O) groups excluding carboxylic acids is 2. The van der Waals surface area contributed by atoms with Crippen LogP contribution in [0.25, 0.3) is 0 Å². The molecule has 0 radical (unpaired) electrons. The van der Waals surface area contributed by atoms with E-state index in [1.807, 2.05) is 0 Å². The minimum Gasteiger partial charge on any atom is -0.493 e. The molecule has 0 aliphatic carbocycles. The van der Waals surface area contributed by atoms with Crippen molar-refractivity contribution in [3.05, 3.63) is 59.9 Å². The molecule has 0 spiro atoms. The smallest absolute Gasteiger partial charge is 0.321 e. The fourth-order valence-electron chi connectivity index (χ4n) is 2.32. The molecular formula is C20H22FNO6S. The van der Waals surface area contributed by atoms with Gasteiger partial charge in [0.2, 0.25) is 10.0 Å². The number of esters is 1. The van der Waals surface area contributed by atoms with Gasteiger partial charge in [-0.3, -0.25) is 9.59 Å². The number of likely N-dealkylation sites (N-methyl/N-ethyl adjacent to an activating group) is 1. The third-order valence-corrected chi connectivity index (χ3v) is 5.77. The lowest BCUT2D eigenvalue weighted by Gasteiger charge is -2.16. The van der Waals surface area contributed by atoms with Gasteiger partial charge in [0.05, 0.1) is 18.1 Å². The number of ether oxygens (including phenoxy) is 2. The first kappa shape index (κ1) is 22.5. The van der Waals surface area contributed by atoms with Crippen molar-refractivity contribution in [1.82, 2.24) is 4.31 Å². The SMILES string of the molecule is CC(=O)c1ccc(S(=O)(=O)N(C)CC(=O)OCCCOc2ccc(F)cc2)cc1. The molecule has 0 heterocycles. The van der Waals surface area contributed by atoms with Crippen LogP contribution in [0.15, 0.2) is 53.4 Å². The van der Waals surface area contributed by atoms with Crippen LogP contribution in [0.5, 0.6) is 5.75 Å². The van der Waals surface area contributed by atoms with Gasteiger partial charge in [0.25, 0.3) is 0 Å². The second kappa shape index (κ2) is 10.1. The number of halogens is 1. The average molecular weight is 423 g/mol. The highest BCUT2D eigenvalue weighted by Crippen LogP contribution is 2.15. The van der Waals surface area contributed by atoms with E-state index < -0.39 is 22.5 Å². The van der Waals surface area contributed by atoms with Gasteiger partial charge < -0.3 is 9.47 Å². The van der Waals surface area contributed by atoms with Crippen molar-refractivity contribution in [3.8, 4) is 5.75 Å². The third kappa shape index (κ3) is 6.65. The lowest BCUT2D eigenvalue weighted by molar-refractivity contribution is -0.143. The van der Waals surface area contributed by atoms with Crippen LogP contribution in [0.3, 0.4) is 0 Å². The van der Waals surface area contributed by atoms with Crippen LogP contribution in [0.2, 0.25) is 0 Å². The van der Waals surface area contributed by atoms with E-state index in [-0.39, 0.29) is 29.7 Å². The van der Waals surface area contributed by atoms with Crippen molar-refractivity contribution < 1.29 is 31.9 Å². The average Bonchev–Trinajstić information content (AvgIpc) is 2.69. The van der Waals surface area contributed by atoms with Gasteiger partial charge in [-0.25, -0.2) is 12.8 Å². The van der Waals surface area contributed by atoms with Crippen LogP contribution in [0.1, 0.15) is 23.7 Å². The number of nitrogens with zero attached hydrogens (tertiary/aromatic N) is 1. The summed E-state index contributed by atoms with van der Waals surface area (Å²) >= 11 is 0. The second-order valence-corrected chi connectivity index (χ2v) is 8.26. The quantitative estimate of drug-likeness (QED) is 0.332. The highest BCUT2D eigenvalue weighted by molar-refractivity contribution is 7.89. The van der Waals surface area contributed by atoms with Gasteiger partial charge in [-0.1, -0.05) is 12.1 Å². The van der Waals surface area contributed by atoms with E-state index in [0.29, 0.717) is 17.7 Å². The summed E-state index contributed by atoms with van der Waals surface area (Å²) in [5.74, 6) is -0.730. The maximum atomic E-state index is 12.8. The van der Waals surface area contributed by atoms with Crippen molar-refractivity contribution in [3.63, 3.8) is 0 Å². The Morgan fingerprint density at radius 1 is 1.00 bits per heavy atom. The lowest BCUT2D eigenvalue weighted by Crippen LogP contribution is -2.33. The summed E-state index contributed by atoms with van der Waals surface area (Å²) in [7, 11) is -2.61. The summed E-state index contributed by atoms with van der Waals surface area (Å²) in [5.41, 5.74) is 0.397. The third-order valence-electron chi connectivity index (χ3n) is 3.95. The van der Waals surface area contributed by atoms with Crippen LogP contribution in [-0.2, 0) is 19.6 Å². The largest absolute Gasteiger partial charge is 0.493 e. The van der Waals surface area contributed by atoms with Gasteiger partial charge in [0, 0.05) is 19.0 Å². The standard InChI is InChI=1S/C20H22FNO6S/c1-15(23)16-4-10-19(11-5-16)29(25,26)22(2)14-20(24)28-13-3-12-27-18-8-6-17(21)7-9-18/h4-11H,3,12-14H2,1-2H3. The minimum absolute atomic E-state index is 0.0227. The predicted octanol–water partition coefficient (Wildman–Crippen LogP) is 2.66. The fraction of sp³-hybridized carbons (Fsp3) is 0.300. The molecule has 2 aromatic rings. The molecule has 0 N–H and O–H groups in total. The predicted molar refractivity (Wildman–Crippen MR) is 104 cm³/mol. The Kier molecular flexibility index (Phi) is 7.86. The van der Waals surface area contributed by atoms with Gasteiger partial charge in [0.15, 0.2) is 5.78 Å². The van der Waals surface area contributed by atoms with Crippen molar-refractivity contribution in [2.75, 3.05) is 26.8 Å². The Morgan fingerprint density at radius 3 is 2.21 bits per heavy atom. The van der Waals surface area contributed by atoms with Crippen LogP contribution in [0.4, 0.5) is 4.39 Å².